The van der Waals surface area contributed by atoms with Gasteiger partial charge in [0.25, 0.3) is 0 Å². The number of fused-ring (bicyclic) bond motifs is 1. The van der Waals surface area contributed by atoms with Gasteiger partial charge in [-0.3, -0.25) is 4.98 Å². The average molecular weight is 289 g/mol. The van der Waals surface area contributed by atoms with Crippen molar-refractivity contribution in [3.05, 3.63) is 46.7 Å². The highest BCUT2D eigenvalue weighted by Crippen LogP contribution is 2.26. The van der Waals surface area contributed by atoms with Crippen molar-refractivity contribution < 1.29 is 4.42 Å². The van der Waals surface area contributed by atoms with Gasteiger partial charge in [0.15, 0.2) is 5.58 Å². The van der Waals surface area contributed by atoms with E-state index in [-0.39, 0.29) is 0 Å². The summed E-state index contributed by atoms with van der Waals surface area (Å²) < 4.78 is 6.68. The van der Waals surface area contributed by atoms with Gasteiger partial charge in [0.2, 0.25) is 5.89 Å². The molecule has 3 nitrogen and oxygen atoms in total. The van der Waals surface area contributed by atoms with Crippen molar-refractivity contribution in [2.24, 2.45) is 0 Å². The Kier molecular flexibility index (Phi) is 2.44. The number of aryl methyl sites for hydroxylation is 1. The number of nitrogens with zero attached hydrogens (tertiary/aromatic N) is 2. The van der Waals surface area contributed by atoms with Gasteiger partial charge >= 0.3 is 0 Å². The van der Waals surface area contributed by atoms with Gasteiger partial charge in [0.1, 0.15) is 5.52 Å². The van der Waals surface area contributed by atoms with E-state index >= 15 is 0 Å². The second-order valence-corrected chi connectivity index (χ2v) is 4.80. The third-order valence-corrected chi connectivity index (χ3v) is 2.96. The summed E-state index contributed by atoms with van der Waals surface area (Å²) in [5.41, 5.74) is 3.61. The molecule has 0 amide bonds. The van der Waals surface area contributed by atoms with Crippen molar-refractivity contribution >= 4 is 27.0 Å². The van der Waals surface area contributed by atoms with E-state index in [0.29, 0.717) is 5.89 Å². The van der Waals surface area contributed by atoms with Gasteiger partial charge in [-0.2, -0.15) is 0 Å². The van der Waals surface area contributed by atoms with Gasteiger partial charge in [-0.05, 0) is 36.8 Å². The molecular weight excluding hydrogens is 280 g/mol. The highest BCUT2D eigenvalue weighted by molar-refractivity contribution is 9.10. The molecule has 0 fully saturated rings. The molecule has 4 heteroatoms. The maximum Gasteiger partial charge on any atom is 0.228 e. The lowest BCUT2D eigenvalue weighted by molar-refractivity contribution is 0.619. The third-order valence-electron chi connectivity index (χ3n) is 2.47. The monoisotopic (exact) mass is 288 g/mol. The van der Waals surface area contributed by atoms with Crippen LogP contribution >= 0.6 is 15.9 Å². The standard InChI is InChI=1S/C13H9BrN2O/c1-8-4-9(7-15-6-8)13-16-11-5-10(14)2-3-12(11)17-13/h2-7H,1H3. The summed E-state index contributed by atoms with van der Waals surface area (Å²) in [6.07, 6.45) is 3.56. The summed E-state index contributed by atoms with van der Waals surface area (Å²) >= 11 is 3.42. The predicted molar refractivity (Wildman–Crippen MR) is 69.7 cm³/mol. The minimum absolute atomic E-state index is 0.606. The van der Waals surface area contributed by atoms with Crippen LogP contribution in [-0.2, 0) is 0 Å². The Morgan fingerprint density at radius 2 is 2.06 bits per heavy atom. The molecule has 2 heterocycles. The van der Waals surface area contributed by atoms with Crippen LogP contribution in [0, 0.1) is 6.92 Å². The Bertz CT molecular complexity index is 691. The quantitative estimate of drug-likeness (QED) is 0.680. The van der Waals surface area contributed by atoms with Gasteiger partial charge < -0.3 is 4.42 Å². The van der Waals surface area contributed by atoms with E-state index in [0.717, 1.165) is 26.7 Å². The third kappa shape index (κ3) is 1.96. The lowest BCUT2D eigenvalue weighted by Crippen LogP contribution is -1.81. The van der Waals surface area contributed by atoms with Crippen LogP contribution in [0.25, 0.3) is 22.6 Å². The number of benzene rings is 1. The van der Waals surface area contributed by atoms with Crippen LogP contribution in [0.3, 0.4) is 0 Å². The molecule has 1 aromatic carbocycles. The molecule has 0 unspecified atom stereocenters. The second kappa shape index (κ2) is 3.96. The van der Waals surface area contributed by atoms with Crippen LogP contribution in [0.15, 0.2) is 45.5 Å². The Morgan fingerprint density at radius 3 is 2.88 bits per heavy atom. The summed E-state index contributed by atoms with van der Waals surface area (Å²) in [6, 6.07) is 7.78. The average Bonchev–Trinajstić information content (AvgIpc) is 2.72. The molecule has 0 aliphatic heterocycles. The summed E-state index contributed by atoms with van der Waals surface area (Å²) in [5.74, 6) is 0.606. The molecule has 0 aliphatic rings. The molecule has 84 valence electrons. The number of rotatable bonds is 1. The molecule has 0 aliphatic carbocycles. The molecule has 0 bridgehead atoms. The van der Waals surface area contributed by atoms with Crippen molar-refractivity contribution in [1.82, 2.24) is 9.97 Å². The largest absolute Gasteiger partial charge is 0.436 e. The summed E-state index contributed by atoms with van der Waals surface area (Å²) in [7, 11) is 0. The normalized spacial score (nSPS) is 10.9. The topological polar surface area (TPSA) is 38.9 Å². The SMILES string of the molecule is Cc1cncc(-c2nc3cc(Br)ccc3o2)c1. The summed E-state index contributed by atoms with van der Waals surface area (Å²) in [6.45, 7) is 2.00. The summed E-state index contributed by atoms with van der Waals surface area (Å²) in [4.78, 5) is 8.59. The number of hydrogen-bond donors (Lipinski definition) is 0. The van der Waals surface area contributed by atoms with Gasteiger partial charge in [-0.1, -0.05) is 15.9 Å². The van der Waals surface area contributed by atoms with Crippen LogP contribution in [-0.4, -0.2) is 9.97 Å². The number of pyridine rings is 1. The van der Waals surface area contributed by atoms with Crippen LogP contribution < -0.4 is 0 Å². The van der Waals surface area contributed by atoms with Crippen molar-refractivity contribution in [3.8, 4) is 11.5 Å². The minimum Gasteiger partial charge on any atom is -0.436 e. The van der Waals surface area contributed by atoms with E-state index in [1.54, 1.807) is 6.20 Å². The molecule has 0 radical (unpaired) electrons. The Morgan fingerprint density at radius 1 is 1.18 bits per heavy atom. The highest BCUT2D eigenvalue weighted by Gasteiger charge is 2.08. The van der Waals surface area contributed by atoms with Crippen molar-refractivity contribution in [1.29, 1.82) is 0 Å². The van der Waals surface area contributed by atoms with Crippen LogP contribution in [0.1, 0.15) is 5.56 Å². The number of oxazole rings is 1. The van der Waals surface area contributed by atoms with E-state index in [9.17, 15) is 0 Å². The molecule has 0 N–H and O–H groups in total. The first-order valence-corrected chi connectivity index (χ1v) is 6.00. The molecule has 0 saturated carbocycles. The smallest absolute Gasteiger partial charge is 0.228 e. The van der Waals surface area contributed by atoms with Crippen LogP contribution in [0.5, 0.6) is 0 Å². The van der Waals surface area contributed by atoms with Gasteiger partial charge in [-0.25, -0.2) is 4.98 Å². The fraction of sp³-hybridized carbons (Fsp3) is 0.0769. The molecular formula is C13H9BrN2O. The molecule has 3 rings (SSSR count). The maximum atomic E-state index is 5.69. The van der Waals surface area contributed by atoms with Crippen LogP contribution in [0.4, 0.5) is 0 Å². The molecule has 0 saturated heterocycles. The number of aromatic nitrogens is 2. The lowest BCUT2D eigenvalue weighted by atomic mass is 10.2. The summed E-state index contributed by atoms with van der Waals surface area (Å²) in [5, 5.41) is 0. The van der Waals surface area contributed by atoms with E-state index in [2.05, 4.69) is 25.9 Å². The van der Waals surface area contributed by atoms with Gasteiger partial charge in [-0.15, -0.1) is 0 Å². The molecule has 0 spiro atoms. The number of halogens is 1. The number of hydrogen-bond acceptors (Lipinski definition) is 3. The first-order chi connectivity index (χ1) is 8.22. The zero-order chi connectivity index (χ0) is 11.8. The fourth-order valence-electron chi connectivity index (χ4n) is 1.70. The van der Waals surface area contributed by atoms with Gasteiger partial charge in [0.05, 0.1) is 5.56 Å². The van der Waals surface area contributed by atoms with Crippen molar-refractivity contribution in [2.75, 3.05) is 0 Å². The van der Waals surface area contributed by atoms with Gasteiger partial charge in [0, 0.05) is 16.9 Å². The second-order valence-electron chi connectivity index (χ2n) is 3.88. The molecule has 17 heavy (non-hydrogen) atoms. The lowest BCUT2D eigenvalue weighted by Gasteiger charge is -1.95. The van der Waals surface area contributed by atoms with E-state index in [4.69, 9.17) is 4.42 Å². The zero-order valence-electron chi connectivity index (χ0n) is 9.14. The first-order valence-electron chi connectivity index (χ1n) is 5.20. The van der Waals surface area contributed by atoms with E-state index < -0.39 is 0 Å². The van der Waals surface area contributed by atoms with E-state index in [1.165, 1.54) is 0 Å². The molecule has 2 aromatic heterocycles. The molecule has 0 atom stereocenters. The predicted octanol–water partition coefficient (Wildman–Crippen LogP) is 3.96. The first kappa shape index (κ1) is 10.5. The Hall–Kier alpha value is -1.68. The van der Waals surface area contributed by atoms with E-state index in [1.807, 2.05) is 37.4 Å². The zero-order valence-corrected chi connectivity index (χ0v) is 10.7. The minimum atomic E-state index is 0.606. The molecule has 3 aromatic rings. The van der Waals surface area contributed by atoms with Crippen molar-refractivity contribution in [2.45, 2.75) is 6.92 Å². The van der Waals surface area contributed by atoms with Crippen LogP contribution in [0.2, 0.25) is 0 Å². The Labute approximate surface area is 107 Å². The maximum absolute atomic E-state index is 5.69. The Balaban J connectivity index is 2.18. The van der Waals surface area contributed by atoms with Crippen molar-refractivity contribution in [3.63, 3.8) is 0 Å². The fourth-order valence-corrected chi connectivity index (χ4v) is 2.04. The highest BCUT2D eigenvalue weighted by atomic mass is 79.9.